The minimum atomic E-state index is -0.130. The highest BCUT2D eigenvalue weighted by atomic mass is 35.5. The highest BCUT2D eigenvalue weighted by Crippen LogP contribution is 2.17. The molecule has 1 heterocycles. The number of hydrogen-bond acceptors (Lipinski definition) is 4. The molecule has 1 saturated carbocycles. The molecular formula is C20H25ClN4O. The van der Waals surface area contributed by atoms with Crippen molar-refractivity contribution >= 4 is 23.3 Å². The van der Waals surface area contributed by atoms with E-state index in [1.54, 1.807) is 6.20 Å². The number of carbonyl (C=O) groups excluding carboxylic acids is 1. The molecular weight excluding hydrogens is 348 g/mol. The van der Waals surface area contributed by atoms with Gasteiger partial charge in [0.25, 0.3) is 5.91 Å². The molecule has 0 radical (unpaired) electrons. The molecule has 0 atom stereocenters. The van der Waals surface area contributed by atoms with Gasteiger partial charge in [0.1, 0.15) is 11.5 Å². The molecule has 0 spiro atoms. The summed E-state index contributed by atoms with van der Waals surface area (Å²) in [4.78, 5) is 20.9. The fourth-order valence-electron chi connectivity index (χ4n) is 3.25. The Morgan fingerprint density at radius 3 is 2.62 bits per heavy atom. The highest BCUT2D eigenvalue weighted by molar-refractivity contribution is 6.30. The Morgan fingerprint density at radius 1 is 1.12 bits per heavy atom. The zero-order valence-corrected chi connectivity index (χ0v) is 15.6. The number of aromatic nitrogens is 2. The van der Waals surface area contributed by atoms with E-state index in [4.69, 9.17) is 11.6 Å². The first kappa shape index (κ1) is 18.6. The van der Waals surface area contributed by atoms with Gasteiger partial charge in [-0.2, -0.15) is 0 Å². The van der Waals surface area contributed by atoms with E-state index in [0.29, 0.717) is 11.5 Å². The smallest absolute Gasteiger partial charge is 0.271 e. The number of halogens is 1. The van der Waals surface area contributed by atoms with Gasteiger partial charge in [-0.1, -0.05) is 49.4 Å². The van der Waals surface area contributed by atoms with Crippen molar-refractivity contribution in [1.29, 1.82) is 0 Å². The molecule has 0 unspecified atom stereocenters. The second kappa shape index (κ2) is 9.53. The molecule has 1 fully saturated rings. The number of carbonyl (C=O) groups is 1. The maximum atomic E-state index is 12.3. The topological polar surface area (TPSA) is 66.9 Å². The first-order valence-corrected chi connectivity index (χ1v) is 9.70. The Balaban J connectivity index is 1.47. The second-order valence-corrected chi connectivity index (χ2v) is 7.19. The van der Waals surface area contributed by atoms with E-state index in [0.717, 1.165) is 36.4 Å². The summed E-state index contributed by atoms with van der Waals surface area (Å²) in [6.45, 7) is 0.725. The van der Waals surface area contributed by atoms with E-state index in [2.05, 4.69) is 20.6 Å². The van der Waals surface area contributed by atoms with E-state index >= 15 is 0 Å². The van der Waals surface area contributed by atoms with Crippen LogP contribution in [0.25, 0.3) is 0 Å². The summed E-state index contributed by atoms with van der Waals surface area (Å²) < 4.78 is 0. The minimum Gasteiger partial charge on any atom is -0.368 e. The molecule has 2 aromatic rings. The van der Waals surface area contributed by atoms with Gasteiger partial charge < -0.3 is 10.6 Å². The summed E-state index contributed by atoms with van der Waals surface area (Å²) in [5.74, 6) is 0.535. The molecule has 5 nitrogen and oxygen atoms in total. The molecule has 138 valence electrons. The molecule has 1 aromatic heterocycles. The predicted octanol–water partition coefficient (Wildman–Crippen LogP) is 4.24. The molecule has 1 aliphatic rings. The number of anilines is 1. The summed E-state index contributed by atoms with van der Waals surface area (Å²) >= 11 is 5.99. The third-order valence-electron chi connectivity index (χ3n) is 4.68. The van der Waals surface area contributed by atoms with Crippen molar-refractivity contribution < 1.29 is 4.79 Å². The fourth-order valence-corrected chi connectivity index (χ4v) is 3.46. The zero-order chi connectivity index (χ0) is 18.2. The van der Waals surface area contributed by atoms with Crippen LogP contribution >= 0.6 is 11.6 Å². The van der Waals surface area contributed by atoms with Gasteiger partial charge in [0.05, 0.1) is 12.4 Å². The molecule has 1 aliphatic carbocycles. The van der Waals surface area contributed by atoms with Crippen molar-refractivity contribution in [2.75, 3.05) is 11.9 Å². The van der Waals surface area contributed by atoms with Crippen molar-refractivity contribution in [2.24, 2.45) is 0 Å². The van der Waals surface area contributed by atoms with Crippen molar-refractivity contribution in [3.05, 3.63) is 52.9 Å². The Labute approximate surface area is 159 Å². The van der Waals surface area contributed by atoms with Gasteiger partial charge in [-0.15, -0.1) is 0 Å². The van der Waals surface area contributed by atoms with Crippen molar-refractivity contribution in [3.63, 3.8) is 0 Å². The van der Waals surface area contributed by atoms with E-state index in [1.807, 2.05) is 24.3 Å². The van der Waals surface area contributed by atoms with Crippen LogP contribution in [0.2, 0.25) is 5.02 Å². The van der Waals surface area contributed by atoms with Gasteiger partial charge >= 0.3 is 0 Å². The largest absolute Gasteiger partial charge is 0.368 e. The Bertz CT molecular complexity index is 712. The van der Waals surface area contributed by atoms with E-state index in [1.165, 1.54) is 31.9 Å². The lowest BCUT2D eigenvalue weighted by molar-refractivity contribution is 0.0928. The quantitative estimate of drug-likeness (QED) is 0.744. The van der Waals surface area contributed by atoms with Gasteiger partial charge in [0.15, 0.2) is 0 Å². The first-order valence-electron chi connectivity index (χ1n) is 9.32. The molecule has 0 aliphatic heterocycles. The molecule has 1 aromatic carbocycles. The van der Waals surface area contributed by atoms with Crippen molar-refractivity contribution in [2.45, 2.75) is 51.0 Å². The number of rotatable bonds is 6. The third kappa shape index (κ3) is 5.70. The zero-order valence-electron chi connectivity index (χ0n) is 14.9. The van der Waals surface area contributed by atoms with Crippen LogP contribution in [0, 0.1) is 0 Å². The maximum Gasteiger partial charge on any atom is 0.271 e. The summed E-state index contributed by atoms with van der Waals surface area (Å²) in [5, 5.41) is 7.05. The van der Waals surface area contributed by atoms with Crippen molar-refractivity contribution in [1.82, 2.24) is 15.3 Å². The summed E-state index contributed by atoms with van der Waals surface area (Å²) in [6.07, 6.45) is 11.0. The van der Waals surface area contributed by atoms with Crippen LogP contribution in [0.15, 0.2) is 36.7 Å². The van der Waals surface area contributed by atoms with E-state index in [9.17, 15) is 4.79 Å². The first-order chi connectivity index (χ1) is 12.7. The van der Waals surface area contributed by atoms with Crippen LogP contribution in [-0.2, 0) is 6.42 Å². The molecule has 2 N–H and O–H groups in total. The molecule has 3 rings (SSSR count). The van der Waals surface area contributed by atoms with Crippen LogP contribution < -0.4 is 10.6 Å². The Hall–Kier alpha value is -2.14. The number of amides is 1. The Kier molecular flexibility index (Phi) is 6.83. The average Bonchev–Trinajstić information content (AvgIpc) is 2.91. The van der Waals surface area contributed by atoms with Crippen LogP contribution in [0.5, 0.6) is 0 Å². The number of hydrogen-bond donors (Lipinski definition) is 2. The molecule has 0 saturated heterocycles. The maximum absolute atomic E-state index is 12.3. The third-order valence-corrected chi connectivity index (χ3v) is 4.92. The van der Waals surface area contributed by atoms with E-state index < -0.39 is 0 Å². The SMILES string of the molecule is O=C(NC1CCCCCC1)c1cnc(NCCc2cccc(Cl)c2)cn1. The van der Waals surface area contributed by atoms with Crippen molar-refractivity contribution in [3.8, 4) is 0 Å². The minimum absolute atomic E-state index is 0.130. The summed E-state index contributed by atoms with van der Waals surface area (Å²) in [5.41, 5.74) is 1.53. The lowest BCUT2D eigenvalue weighted by Gasteiger charge is -2.15. The van der Waals surface area contributed by atoms with Crippen LogP contribution in [-0.4, -0.2) is 28.5 Å². The Morgan fingerprint density at radius 2 is 1.92 bits per heavy atom. The number of nitrogens with zero attached hydrogens (tertiary/aromatic N) is 2. The van der Waals surface area contributed by atoms with Gasteiger partial charge in [-0.05, 0) is 37.0 Å². The van der Waals surface area contributed by atoms with Crippen LogP contribution in [0.1, 0.15) is 54.6 Å². The van der Waals surface area contributed by atoms with Gasteiger partial charge in [-0.25, -0.2) is 9.97 Å². The standard InChI is InChI=1S/C20H25ClN4O/c21-16-7-5-6-15(12-16)10-11-22-19-14-23-18(13-24-19)20(26)25-17-8-3-1-2-4-9-17/h5-7,12-14,17H,1-4,8-11H2,(H,22,24)(H,25,26). The number of benzene rings is 1. The van der Waals surface area contributed by atoms with Crippen LogP contribution in [0.3, 0.4) is 0 Å². The molecule has 1 amide bonds. The molecule has 6 heteroatoms. The number of nitrogens with one attached hydrogen (secondary N) is 2. The molecule has 26 heavy (non-hydrogen) atoms. The summed E-state index contributed by atoms with van der Waals surface area (Å²) in [6, 6.07) is 8.07. The van der Waals surface area contributed by atoms with Gasteiger partial charge in [0.2, 0.25) is 0 Å². The van der Waals surface area contributed by atoms with Gasteiger partial charge in [-0.3, -0.25) is 4.79 Å². The molecule has 0 bridgehead atoms. The lowest BCUT2D eigenvalue weighted by atomic mass is 10.1. The predicted molar refractivity (Wildman–Crippen MR) is 105 cm³/mol. The van der Waals surface area contributed by atoms with Gasteiger partial charge in [0, 0.05) is 17.6 Å². The summed E-state index contributed by atoms with van der Waals surface area (Å²) in [7, 11) is 0. The normalized spacial score (nSPS) is 15.3. The monoisotopic (exact) mass is 372 g/mol. The lowest BCUT2D eigenvalue weighted by Crippen LogP contribution is -2.34. The van der Waals surface area contributed by atoms with E-state index in [-0.39, 0.29) is 11.9 Å². The second-order valence-electron chi connectivity index (χ2n) is 6.76. The fraction of sp³-hybridized carbons (Fsp3) is 0.450. The average molecular weight is 373 g/mol. The highest BCUT2D eigenvalue weighted by Gasteiger charge is 2.16. The van der Waals surface area contributed by atoms with Crippen LogP contribution in [0.4, 0.5) is 5.82 Å².